The van der Waals surface area contributed by atoms with Crippen molar-refractivity contribution in [3.63, 3.8) is 0 Å². The minimum atomic E-state index is 0.892. The van der Waals surface area contributed by atoms with E-state index in [0.717, 1.165) is 42.1 Å². The third-order valence-electron chi connectivity index (χ3n) is 6.29. The second-order valence-electron chi connectivity index (χ2n) is 7.80. The van der Waals surface area contributed by atoms with Gasteiger partial charge in [0.25, 0.3) is 0 Å². The summed E-state index contributed by atoms with van der Waals surface area (Å²) in [5, 5.41) is 2.01. The molecule has 25 heavy (non-hydrogen) atoms. The van der Waals surface area contributed by atoms with Gasteiger partial charge < -0.3 is 9.80 Å². The van der Waals surface area contributed by atoms with Crippen LogP contribution in [0.15, 0.2) is 12.1 Å². The molecule has 4 bridgehead atoms. The van der Waals surface area contributed by atoms with Crippen molar-refractivity contribution >= 4 is 34.6 Å². The van der Waals surface area contributed by atoms with E-state index >= 15 is 0 Å². The maximum absolute atomic E-state index is 6.85. The Balaban J connectivity index is 1.44. The van der Waals surface area contributed by atoms with Gasteiger partial charge >= 0.3 is 0 Å². The zero-order chi connectivity index (χ0) is 16.7. The highest BCUT2D eigenvalue weighted by Gasteiger charge is 2.32. The Morgan fingerprint density at radius 3 is 1.48 bits per heavy atom. The highest BCUT2D eigenvalue weighted by atomic mass is 35.5. The van der Waals surface area contributed by atoms with E-state index < -0.39 is 0 Å². The molecule has 0 N–H and O–H groups in total. The van der Waals surface area contributed by atoms with Crippen LogP contribution in [0.25, 0.3) is 0 Å². The van der Waals surface area contributed by atoms with Gasteiger partial charge in [0, 0.05) is 54.0 Å². The first kappa shape index (κ1) is 14.8. The van der Waals surface area contributed by atoms with Crippen molar-refractivity contribution < 1.29 is 0 Å². The van der Waals surface area contributed by atoms with Crippen molar-refractivity contribution in [2.45, 2.75) is 32.1 Å². The Bertz CT molecular complexity index is 851. The van der Waals surface area contributed by atoms with Gasteiger partial charge in [-0.25, -0.2) is 0 Å². The van der Waals surface area contributed by atoms with Crippen LogP contribution in [0.2, 0.25) is 10.0 Å². The molecule has 0 aromatic heterocycles. The summed E-state index contributed by atoms with van der Waals surface area (Å²) in [6, 6.07) is 4.77. The molecule has 0 radical (unpaired) electrons. The molecule has 2 heterocycles. The van der Waals surface area contributed by atoms with Crippen LogP contribution >= 0.6 is 23.2 Å². The summed E-state index contributed by atoms with van der Waals surface area (Å²) >= 11 is 13.7. The Morgan fingerprint density at radius 2 is 1.12 bits per heavy atom. The zero-order valence-corrected chi connectivity index (χ0v) is 15.7. The van der Waals surface area contributed by atoms with Crippen LogP contribution in [0.3, 0.4) is 0 Å². The van der Waals surface area contributed by atoms with E-state index in [-0.39, 0.29) is 0 Å². The number of aryl methyl sites for hydroxylation is 2. The molecule has 2 aromatic rings. The van der Waals surface area contributed by atoms with Crippen molar-refractivity contribution in [1.29, 1.82) is 0 Å². The number of rotatable bonds is 4. The van der Waals surface area contributed by atoms with Crippen molar-refractivity contribution in [3.8, 4) is 0 Å². The Kier molecular flexibility index (Phi) is 3.00. The van der Waals surface area contributed by atoms with Gasteiger partial charge in [-0.15, -0.1) is 0 Å². The molecule has 128 valence electrons. The lowest BCUT2D eigenvalue weighted by molar-refractivity contribution is 0.861. The first-order chi connectivity index (χ1) is 12.2. The average Bonchev–Trinajstić information content (AvgIpc) is 3.53. The number of fused-ring (bicyclic) bond motifs is 6. The number of anilines is 2. The topological polar surface area (TPSA) is 6.02 Å². The molecule has 2 nitrogen and oxygen atoms in total. The predicted molar refractivity (Wildman–Crippen MR) is 105 cm³/mol. The van der Waals surface area contributed by atoms with Gasteiger partial charge in [0.2, 0.25) is 0 Å². The summed E-state index contributed by atoms with van der Waals surface area (Å²) < 4.78 is 0. The summed E-state index contributed by atoms with van der Waals surface area (Å²) in [5.41, 5.74) is 11.0. The summed E-state index contributed by atoms with van der Waals surface area (Å²) in [6.45, 7) is 4.72. The van der Waals surface area contributed by atoms with Crippen molar-refractivity contribution in [1.82, 2.24) is 0 Å². The van der Waals surface area contributed by atoms with Crippen LogP contribution in [0.1, 0.15) is 33.4 Å². The van der Waals surface area contributed by atoms with E-state index in [1.807, 2.05) is 0 Å². The standard InChI is InChI=1S/C21H20Cl2N2/c22-20-14-3-1-12(9-18(14)24-5-6-24)16(20)11-17-13-2-4-15(21(17)23)19(10-13)25-7-8-25/h9-10H,1-8,11H2. The Labute approximate surface area is 158 Å². The Morgan fingerprint density at radius 1 is 0.680 bits per heavy atom. The SMILES string of the molecule is Clc1c(Cc2c3cc(N4CC4)c(c2Cl)CC3)c2cc(N3CC3)c1CC2. The van der Waals surface area contributed by atoms with Crippen molar-refractivity contribution in [2.75, 3.05) is 36.0 Å². The Hall–Kier alpha value is -1.38. The molecule has 0 atom stereocenters. The molecule has 8 rings (SSSR count). The van der Waals surface area contributed by atoms with E-state index in [2.05, 4.69) is 21.9 Å². The van der Waals surface area contributed by atoms with E-state index in [4.69, 9.17) is 23.2 Å². The molecule has 2 saturated heterocycles. The highest BCUT2D eigenvalue weighted by Crippen LogP contribution is 2.45. The van der Waals surface area contributed by atoms with E-state index in [0.29, 0.717) is 0 Å². The number of halogens is 2. The maximum atomic E-state index is 6.85. The fourth-order valence-electron chi connectivity index (χ4n) is 4.70. The first-order valence-electron chi connectivity index (χ1n) is 9.37. The summed E-state index contributed by atoms with van der Waals surface area (Å²) in [5.74, 6) is 0. The lowest BCUT2D eigenvalue weighted by Gasteiger charge is -2.28. The number of benzene rings is 2. The largest absolute Gasteiger partial charge is 0.368 e. The van der Waals surface area contributed by atoms with Gasteiger partial charge in [-0.1, -0.05) is 23.2 Å². The average molecular weight is 371 g/mol. The second-order valence-corrected chi connectivity index (χ2v) is 8.56. The normalized spacial score (nSPS) is 19.1. The zero-order valence-electron chi connectivity index (χ0n) is 14.2. The minimum Gasteiger partial charge on any atom is -0.368 e. The van der Waals surface area contributed by atoms with Crippen LogP contribution in [0, 0.1) is 0 Å². The number of hydrogen-bond donors (Lipinski definition) is 0. The smallest absolute Gasteiger partial charge is 0.0496 e. The third kappa shape index (κ3) is 2.17. The summed E-state index contributed by atoms with van der Waals surface area (Å²) in [7, 11) is 0. The number of nitrogens with zero attached hydrogens (tertiary/aromatic N) is 2. The molecule has 2 aliphatic heterocycles. The molecule has 0 amide bonds. The third-order valence-corrected chi connectivity index (χ3v) is 7.21. The van der Waals surface area contributed by atoms with Gasteiger partial charge in [0.15, 0.2) is 0 Å². The molecule has 4 heteroatoms. The van der Waals surface area contributed by atoms with E-state index in [9.17, 15) is 0 Å². The van der Waals surface area contributed by atoms with Crippen LogP contribution in [-0.2, 0) is 32.1 Å². The summed E-state index contributed by atoms with van der Waals surface area (Å²) in [4.78, 5) is 4.85. The molecule has 0 spiro atoms. The van der Waals surface area contributed by atoms with Crippen molar-refractivity contribution in [2.24, 2.45) is 0 Å². The molecule has 2 fully saturated rings. The van der Waals surface area contributed by atoms with Crippen LogP contribution in [0.5, 0.6) is 0 Å². The lowest BCUT2D eigenvalue weighted by atomic mass is 9.82. The quantitative estimate of drug-likeness (QED) is 0.734. The van der Waals surface area contributed by atoms with Gasteiger partial charge in [0.1, 0.15) is 0 Å². The summed E-state index contributed by atoms with van der Waals surface area (Å²) in [6.07, 6.45) is 5.34. The molecular formula is C21H20Cl2N2. The fourth-order valence-corrected chi connectivity index (χ4v) is 5.45. The predicted octanol–water partition coefficient (Wildman–Crippen LogP) is 4.42. The highest BCUT2D eigenvalue weighted by molar-refractivity contribution is 6.34. The second kappa shape index (κ2) is 5.08. The number of hydrogen-bond acceptors (Lipinski definition) is 2. The van der Waals surface area contributed by atoms with Crippen molar-refractivity contribution in [3.05, 3.63) is 55.6 Å². The van der Waals surface area contributed by atoms with Crippen LogP contribution < -0.4 is 9.80 Å². The van der Waals surface area contributed by atoms with Gasteiger partial charge in [-0.05, 0) is 71.2 Å². The monoisotopic (exact) mass is 370 g/mol. The molecule has 6 aliphatic rings. The van der Waals surface area contributed by atoms with Crippen LogP contribution in [0.4, 0.5) is 11.4 Å². The molecule has 2 aromatic carbocycles. The van der Waals surface area contributed by atoms with E-state index in [1.54, 1.807) is 0 Å². The minimum absolute atomic E-state index is 0.892. The van der Waals surface area contributed by atoms with E-state index in [1.165, 1.54) is 70.9 Å². The van der Waals surface area contributed by atoms with Gasteiger partial charge in [0.05, 0.1) is 0 Å². The first-order valence-corrected chi connectivity index (χ1v) is 10.1. The van der Waals surface area contributed by atoms with Gasteiger partial charge in [-0.2, -0.15) is 0 Å². The molecule has 4 aliphatic carbocycles. The maximum Gasteiger partial charge on any atom is 0.0496 e. The fraction of sp³-hybridized carbons (Fsp3) is 0.429. The van der Waals surface area contributed by atoms with Crippen LogP contribution in [-0.4, -0.2) is 26.2 Å². The van der Waals surface area contributed by atoms with Gasteiger partial charge in [-0.3, -0.25) is 0 Å². The lowest BCUT2D eigenvalue weighted by Crippen LogP contribution is -2.16. The molecular weight excluding hydrogens is 351 g/mol. The molecule has 0 unspecified atom stereocenters. The molecule has 0 saturated carbocycles.